The van der Waals surface area contributed by atoms with Gasteiger partial charge in [-0.2, -0.15) is 5.10 Å². The number of aryl methyl sites for hydroxylation is 1. The van der Waals surface area contributed by atoms with E-state index in [-0.39, 0.29) is 56.3 Å². The first-order valence-electron chi connectivity index (χ1n) is 16.0. The maximum absolute atomic E-state index is 14.2. The van der Waals surface area contributed by atoms with Crippen LogP contribution in [-0.2, 0) is 11.3 Å². The monoisotopic (exact) mass is 636 g/mol. The number of alkyl halides is 1. The topological polar surface area (TPSA) is 109 Å². The molecule has 11 heteroatoms. The first-order valence-corrected chi connectivity index (χ1v) is 16.0. The fourth-order valence-electron chi connectivity index (χ4n) is 7.29. The van der Waals surface area contributed by atoms with Crippen LogP contribution in [0.1, 0.15) is 65.9 Å². The molecule has 240 valence electrons. The minimum Gasteiger partial charge on any atom is -0.396 e. The summed E-state index contributed by atoms with van der Waals surface area (Å²) in [6.07, 6.45) is 5.36. The van der Waals surface area contributed by atoms with Gasteiger partial charge in [0.2, 0.25) is 5.91 Å². The van der Waals surface area contributed by atoms with Gasteiger partial charge in [-0.25, -0.2) is 8.91 Å². The van der Waals surface area contributed by atoms with Crippen LogP contribution in [0.3, 0.4) is 0 Å². The second kappa shape index (κ2) is 12.7. The molecule has 0 spiro atoms. The molecule has 2 saturated heterocycles. The second-order valence-corrected chi connectivity index (χ2v) is 13.0. The summed E-state index contributed by atoms with van der Waals surface area (Å²) in [6, 6.07) is 12.2. The Labute approximate surface area is 268 Å². The SMILES string of the molecule is Cc1c(-c2cc3cccc(C4CCN(C(=O)CCO)CC4)c3n2CC2CC2)nn2cc(C(=O)N3C[C@H](N)C[C@@H](F)C3)ccc12.Cl. The lowest BCUT2D eigenvalue weighted by Crippen LogP contribution is -2.50. The predicted molar refractivity (Wildman–Crippen MR) is 174 cm³/mol. The number of carbonyl (C=O) groups is 2. The predicted octanol–water partition coefficient (Wildman–Crippen LogP) is 4.70. The van der Waals surface area contributed by atoms with E-state index in [4.69, 9.17) is 10.8 Å². The zero-order valence-corrected chi connectivity index (χ0v) is 26.5. The number of carbonyl (C=O) groups excluding carboxylic acids is 2. The van der Waals surface area contributed by atoms with Gasteiger partial charge in [-0.3, -0.25) is 9.59 Å². The Morgan fingerprint density at radius 3 is 2.56 bits per heavy atom. The number of nitrogens with two attached hydrogens (primary N) is 1. The number of halogens is 2. The lowest BCUT2D eigenvalue weighted by Gasteiger charge is -2.32. The number of aliphatic hydroxyl groups is 1. The van der Waals surface area contributed by atoms with E-state index in [2.05, 4.69) is 35.8 Å². The number of aliphatic hydroxyl groups excluding tert-OH is 1. The van der Waals surface area contributed by atoms with E-state index in [0.29, 0.717) is 37.0 Å². The van der Waals surface area contributed by atoms with Crippen LogP contribution in [0.5, 0.6) is 0 Å². The van der Waals surface area contributed by atoms with Gasteiger partial charge in [0, 0.05) is 55.8 Å². The van der Waals surface area contributed by atoms with Crippen LogP contribution >= 0.6 is 12.4 Å². The molecular formula is C34H42ClFN6O3. The fourth-order valence-corrected chi connectivity index (χ4v) is 7.29. The normalized spacial score (nSPS) is 21.0. The largest absolute Gasteiger partial charge is 0.396 e. The van der Waals surface area contributed by atoms with Crippen molar-refractivity contribution in [2.24, 2.45) is 11.7 Å². The van der Waals surface area contributed by atoms with E-state index < -0.39 is 6.17 Å². The molecule has 2 atom stereocenters. The lowest BCUT2D eigenvalue weighted by molar-refractivity contribution is -0.132. The van der Waals surface area contributed by atoms with Gasteiger partial charge < -0.3 is 25.2 Å². The molecule has 2 aliphatic heterocycles. The Hall–Kier alpha value is -3.47. The van der Waals surface area contributed by atoms with Gasteiger partial charge in [0.25, 0.3) is 5.91 Å². The summed E-state index contributed by atoms with van der Waals surface area (Å²) >= 11 is 0. The van der Waals surface area contributed by atoms with Crippen LogP contribution < -0.4 is 5.73 Å². The van der Waals surface area contributed by atoms with E-state index in [1.165, 1.54) is 34.2 Å². The van der Waals surface area contributed by atoms with E-state index in [1.807, 2.05) is 11.0 Å². The highest BCUT2D eigenvalue weighted by atomic mass is 35.5. The standard InChI is InChI=1S/C34H41FN6O3.ClH/c1-21-29-8-7-25(34(44)39-19-26(35)16-27(36)20-39)18-41(29)37-32(21)30-15-24-3-2-4-28(33(24)40(30)17-22-5-6-22)23-9-12-38(13-10-23)31(43)11-14-42;/h2-4,7-8,15,18,22-23,26-27,42H,5-6,9-14,16-17,19-20,36H2,1H3;1H/t26-,27-;/m1./s1. The van der Waals surface area contributed by atoms with Crippen molar-refractivity contribution in [3.8, 4) is 11.4 Å². The first kappa shape index (κ1) is 31.5. The molecule has 0 radical (unpaired) electrons. The average Bonchev–Trinajstić information content (AvgIpc) is 3.69. The molecule has 45 heavy (non-hydrogen) atoms. The van der Waals surface area contributed by atoms with Crippen molar-refractivity contribution in [3.05, 3.63) is 59.3 Å². The van der Waals surface area contributed by atoms with Gasteiger partial charge in [-0.05, 0) is 74.6 Å². The second-order valence-electron chi connectivity index (χ2n) is 13.0. The van der Waals surface area contributed by atoms with Gasteiger partial charge in [0.05, 0.1) is 35.4 Å². The number of nitrogens with zero attached hydrogens (tertiary/aromatic N) is 5. The highest BCUT2D eigenvalue weighted by molar-refractivity contribution is 5.95. The molecule has 7 rings (SSSR count). The van der Waals surface area contributed by atoms with Crippen LogP contribution in [0.2, 0.25) is 0 Å². The van der Waals surface area contributed by atoms with Crippen LogP contribution in [0, 0.1) is 12.8 Å². The van der Waals surface area contributed by atoms with Gasteiger partial charge >= 0.3 is 0 Å². The Morgan fingerprint density at radius 1 is 1.07 bits per heavy atom. The Bertz CT molecular complexity index is 1710. The molecule has 2 amide bonds. The van der Waals surface area contributed by atoms with Crippen molar-refractivity contribution in [2.75, 3.05) is 32.8 Å². The summed E-state index contributed by atoms with van der Waals surface area (Å²) in [6.45, 7) is 4.73. The average molecular weight is 637 g/mol. The lowest BCUT2D eigenvalue weighted by atomic mass is 9.88. The first-order chi connectivity index (χ1) is 21.3. The summed E-state index contributed by atoms with van der Waals surface area (Å²) in [5, 5.41) is 15.4. The smallest absolute Gasteiger partial charge is 0.255 e. The minimum atomic E-state index is -1.11. The molecule has 0 unspecified atom stereocenters. The van der Waals surface area contributed by atoms with Gasteiger partial charge in [0.15, 0.2) is 0 Å². The van der Waals surface area contributed by atoms with Crippen molar-refractivity contribution in [1.82, 2.24) is 24.0 Å². The van der Waals surface area contributed by atoms with E-state index >= 15 is 0 Å². The number of hydrogen-bond donors (Lipinski definition) is 2. The molecule has 5 heterocycles. The summed E-state index contributed by atoms with van der Waals surface area (Å²) in [5.74, 6) is 0.796. The summed E-state index contributed by atoms with van der Waals surface area (Å²) < 4.78 is 18.4. The molecular weight excluding hydrogens is 595 g/mol. The molecule has 1 aliphatic carbocycles. The summed E-state index contributed by atoms with van der Waals surface area (Å²) in [7, 11) is 0. The van der Waals surface area contributed by atoms with Crippen LogP contribution in [-0.4, -0.2) is 85.9 Å². The Balaban J connectivity index is 0.00000357. The number of para-hydroxylation sites is 1. The fraction of sp³-hybridized carbons (Fsp3) is 0.500. The molecule has 4 aromatic rings. The zero-order valence-electron chi connectivity index (χ0n) is 25.7. The van der Waals surface area contributed by atoms with Crippen molar-refractivity contribution < 1.29 is 19.1 Å². The maximum Gasteiger partial charge on any atom is 0.255 e. The summed E-state index contributed by atoms with van der Waals surface area (Å²) in [5.41, 5.74) is 13.0. The molecule has 1 saturated carbocycles. The molecule has 1 aromatic carbocycles. The number of amides is 2. The van der Waals surface area contributed by atoms with E-state index in [0.717, 1.165) is 41.9 Å². The molecule has 3 fully saturated rings. The highest BCUT2D eigenvalue weighted by Crippen LogP contribution is 2.41. The third-order valence-electron chi connectivity index (χ3n) is 9.79. The van der Waals surface area contributed by atoms with Crippen molar-refractivity contribution in [2.45, 2.75) is 70.1 Å². The summed E-state index contributed by atoms with van der Waals surface area (Å²) in [4.78, 5) is 29.1. The Kier molecular flexibility index (Phi) is 8.91. The number of hydrogen-bond acceptors (Lipinski definition) is 5. The van der Waals surface area contributed by atoms with Crippen LogP contribution in [0.15, 0.2) is 42.6 Å². The van der Waals surface area contributed by atoms with Gasteiger partial charge in [0.1, 0.15) is 11.9 Å². The third kappa shape index (κ3) is 6.07. The molecule has 0 bridgehead atoms. The number of pyridine rings is 1. The molecule has 9 nitrogen and oxygen atoms in total. The van der Waals surface area contributed by atoms with E-state index in [9.17, 15) is 19.1 Å². The minimum absolute atomic E-state index is 0. The number of benzene rings is 1. The molecule has 3 N–H and O–H groups in total. The number of fused-ring (bicyclic) bond motifs is 2. The van der Waals surface area contributed by atoms with Crippen LogP contribution in [0.4, 0.5) is 4.39 Å². The van der Waals surface area contributed by atoms with Gasteiger partial charge in [-0.1, -0.05) is 18.2 Å². The van der Waals surface area contributed by atoms with Crippen molar-refractivity contribution in [1.29, 1.82) is 0 Å². The number of rotatable bonds is 7. The molecule has 3 aromatic heterocycles. The molecule has 3 aliphatic rings. The van der Waals surface area contributed by atoms with Gasteiger partial charge in [-0.15, -0.1) is 12.4 Å². The van der Waals surface area contributed by atoms with Crippen molar-refractivity contribution in [3.63, 3.8) is 0 Å². The Morgan fingerprint density at radius 2 is 1.84 bits per heavy atom. The zero-order chi connectivity index (χ0) is 30.5. The number of piperidine rings is 2. The highest BCUT2D eigenvalue weighted by Gasteiger charge is 2.31. The van der Waals surface area contributed by atoms with Crippen LogP contribution in [0.25, 0.3) is 27.8 Å². The van der Waals surface area contributed by atoms with Crippen molar-refractivity contribution >= 4 is 40.6 Å². The van der Waals surface area contributed by atoms with E-state index in [1.54, 1.807) is 16.8 Å². The quantitative estimate of drug-likeness (QED) is 0.306. The third-order valence-corrected chi connectivity index (χ3v) is 9.79. The number of aromatic nitrogens is 3. The number of likely N-dealkylation sites (tertiary alicyclic amines) is 2. The maximum atomic E-state index is 14.2.